The molecule has 3 nitrogen and oxygen atoms in total. The Kier molecular flexibility index (Phi) is 5.17. The van der Waals surface area contributed by atoms with E-state index < -0.39 is 0 Å². The molecule has 0 amide bonds. The summed E-state index contributed by atoms with van der Waals surface area (Å²) in [4.78, 5) is 6.74. The number of nitrogens with two attached hydrogens (primary N) is 1. The van der Waals surface area contributed by atoms with Crippen molar-refractivity contribution in [1.29, 1.82) is 0 Å². The molecule has 0 aromatic carbocycles. The Morgan fingerprint density at radius 2 is 1.95 bits per heavy atom. The lowest BCUT2D eigenvalue weighted by Gasteiger charge is -2.35. The topological polar surface area (TPSA) is 42.1 Å². The molecular formula is C17H29N3. The number of aromatic nitrogens is 1. The SMILES string of the molecule is CCC(N)C(c1ccncc1)N1CCCC(C)(C)CC1. The summed E-state index contributed by atoms with van der Waals surface area (Å²) in [5, 5.41) is 0. The second-order valence-corrected chi connectivity index (χ2v) is 6.85. The molecule has 0 saturated carbocycles. The van der Waals surface area contributed by atoms with Crippen LogP contribution in [0.4, 0.5) is 0 Å². The van der Waals surface area contributed by atoms with Crippen molar-refractivity contribution in [2.75, 3.05) is 13.1 Å². The van der Waals surface area contributed by atoms with Gasteiger partial charge in [-0.3, -0.25) is 9.88 Å². The van der Waals surface area contributed by atoms with Crippen LogP contribution in [0.3, 0.4) is 0 Å². The molecule has 1 aliphatic heterocycles. The molecule has 1 aromatic rings. The maximum absolute atomic E-state index is 6.44. The number of hydrogen-bond acceptors (Lipinski definition) is 3. The first-order valence-electron chi connectivity index (χ1n) is 7.93. The zero-order valence-electron chi connectivity index (χ0n) is 13.2. The van der Waals surface area contributed by atoms with Gasteiger partial charge in [-0.25, -0.2) is 0 Å². The third kappa shape index (κ3) is 3.80. The number of hydrogen-bond donors (Lipinski definition) is 1. The van der Waals surface area contributed by atoms with Gasteiger partial charge in [0, 0.05) is 24.5 Å². The molecule has 0 spiro atoms. The average molecular weight is 275 g/mol. The second-order valence-electron chi connectivity index (χ2n) is 6.85. The number of rotatable bonds is 4. The molecule has 2 atom stereocenters. The molecule has 0 bridgehead atoms. The van der Waals surface area contributed by atoms with Gasteiger partial charge in [-0.2, -0.15) is 0 Å². The zero-order valence-corrected chi connectivity index (χ0v) is 13.2. The van der Waals surface area contributed by atoms with Gasteiger partial charge < -0.3 is 5.73 Å². The molecule has 2 heterocycles. The molecule has 20 heavy (non-hydrogen) atoms. The van der Waals surface area contributed by atoms with Gasteiger partial charge in [-0.15, -0.1) is 0 Å². The van der Waals surface area contributed by atoms with Crippen molar-refractivity contribution in [1.82, 2.24) is 9.88 Å². The van der Waals surface area contributed by atoms with Crippen molar-refractivity contribution in [2.45, 2.75) is 58.5 Å². The smallest absolute Gasteiger partial charge is 0.0500 e. The maximum Gasteiger partial charge on any atom is 0.0500 e. The fraction of sp³-hybridized carbons (Fsp3) is 0.706. The van der Waals surface area contributed by atoms with Gasteiger partial charge in [0.05, 0.1) is 0 Å². The lowest BCUT2D eigenvalue weighted by molar-refractivity contribution is 0.168. The van der Waals surface area contributed by atoms with Crippen LogP contribution in [0.1, 0.15) is 58.1 Å². The molecule has 1 saturated heterocycles. The summed E-state index contributed by atoms with van der Waals surface area (Å²) in [6.07, 6.45) is 8.61. The normalized spacial score (nSPS) is 23.0. The summed E-state index contributed by atoms with van der Waals surface area (Å²) in [5.41, 5.74) is 8.22. The summed E-state index contributed by atoms with van der Waals surface area (Å²) in [6, 6.07) is 4.77. The minimum Gasteiger partial charge on any atom is -0.326 e. The van der Waals surface area contributed by atoms with Crippen molar-refractivity contribution < 1.29 is 0 Å². The lowest BCUT2D eigenvalue weighted by atomic mass is 9.85. The highest BCUT2D eigenvalue weighted by Crippen LogP contribution is 2.34. The molecule has 2 unspecified atom stereocenters. The standard InChI is InChI=1S/C17H29N3/c1-4-15(18)16(14-6-10-19-11-7-14)20-12-5-8-17(2,3)9-13-20/h6-7,10-11,15-16H,4-5,8-9,12-13,18H2,1-3H3. The summed E-state index contributed by atoms with van der Waals surface area (Å²) in [5.74, 6) is 0. The highest BCUT2D eigenvalue weighted by Gasteiger charge is 2.30. The minimum atomic E-state index is 0.193. The summed E-state index contributed by atoms with van der Waals surface area (Å²) < 4.78 is 0. The first-order chi connectivity index (χ1) is 9.53. The minimum absolute atomic E-state index is 0.193. The van der Waals surface area contributed by atoms with Gasteiger partial charge in [0.1, 0.15) is 0 Å². The quantitative estimate of drug-likeness (QED) is 0.916. The van der Waals surface area contributed by atoms with Crippen LogP contribution in [0.2, 0.25) is 0 Å². The monoisotopic (exact) mass is 275 g/mol. The van der Waals surface area contributed by atoms with Crippen LogP contribution < -0.4 is 5.73 Å². The van der Waals surface area contributed by atoms with Gasteiger partial charge in [0.25, 0.3) is 0 Å². The van der Waals surface area contributed by atoms with E-state index in [0.717, 1.165) is 19.5 Å². The molecule has 0 aliphatic carbocycles. The van der Waals surface area contributed by atoms with Gasteiger partial charge in [-0.1, -0.05) is 20.8 Å². The molecule has 1 aliphatic rings. The Morgan fingerprint density at radius 1 is 1.25 bits per heavy atom. The third-order valence-electron chi connectivity index (χ3n) is 4.69. The Hall–Kier alpha value is -0.930. The van der Waals surface area contributed by atoms with Gasteiger partial charge in [0.2, 0.25) is 0 Å². The molecule has 1 fully saturated rings. The van der Waals surface area contributed by atoms with Crippen LogP contribution in [0, 0.1) is 5.41 Å². The molecule has 0 radical (unpaired) electrons. The van der Waals surface area contributed by atoms with E-state index in [1.165, 1.54) is 24.8 Å². The number of pyridine rings is 1. The van der Waals surface area contributed by atoms with E-state index in [1.807, 2.05) is 12.4 Å². The van der Waals surface area contributed by atoms with Crippen molar-refractivity contribution >= 4 is 0 Å². The maximum atomic E-state index is 6.44. The Labute approximate surface area is 123 Å². The number of likely N-dealkylation sites (tertiary alicyclic amines) is 1. The van der Waals surface area contributed by atoms with Crippen LogP contribution in [0.5, 0.6) is 0 Å². The first kappa shape index (κ1) is 15.5. The first-order valence-corrected chi connectivity index (χ1v) is 7.93. The van der Waals surface area contributed by atoms with Gasteiger partial charge in [0.15, 0.2) is 0 Å². The van der Waals surface area contributed by atoms with Crippen molar-refractivity contribution in [3.05, 3.63) is 30.1 Å². The van der Waals surface area contributed by atoms with Crippen molar-refractivity contribution in [3.8, 4) is 0 Å². The largest absolute Gasteiger partial charge is 0.326 e. The summed E-state index contributed by atoms with van der Waals surface area (Å²) >= 11 is 0. The van der Waals surface area contributed by atoms with Crippen LogP contribution in [-0.2, 0) is 0 Å². The fourth-order valence-corrected chi connectivity index (χ4v) is 3.23. The predicted molar refractivity (Wildman–Crippen MR) is 84.4 cm³/mol. The highest BCUT2D eigenvalue weighted by atomic mass is 15.2. The Balaban J connectivity index is 2.19. The van der Waals surface area contributed by atoms with E-state index >= 15 is 0 Å². The van der Waals surface area contributed by atoms with E-state index in [0.29, 0.717) is 11.5 Å². The van der Waals surface area contributed by atoms with Crippen molar-refractivity contribution in [2.24, 2.45) is 11.1 Å². The fourth-order valence-electron chi connectivity index (χ4n) is 3.23. The predicted octanol–water partition coefficient (Wildman–Crippen LogP) is 3.37. The van der Waals surface area contributed by atoms with E-state index in [1.54, 1.807) is 0 Å². The average Bonchev–Trinajstić information content (AvgIpc) is 2.62. The van der Waals surface area contributed by atoms with Gasteiger partial charge >= 0.3 is 0 Å². The summed E-state index contributed by atoms with van der Waals surface area (Å²) in [7, 11) is 0. The molecule has 2 N–H and O–H groups in total. The Bertz CT molecular complexity index is 402. The molecule has 112 valence electrons. The summed E-state index contributed by atoms with van der Waals surface area (Å²) in [6.45, 7) is 9.26. The van der Waals surface area contributed by atoms with E-state index in [4.69, 9.17) is 5.73 Å². The Morgan fingerprint density at radius 3 is 2.60 bits per heavy atom. The molecule has 1 aromatic heterocycles. The highest BCUT2D eigenvalue weighted by molar-refractivity contribution is 5.17. The van der Waals surface area contributed by atoms with Crippen LogP contribution >= 0.6 is 0 Å². The van der Waals surface area contributed by atoms with Crippen LogP contribution in [0.15, 0.2) is 24.5 Å². The molecular weight excluding hydrogens is 246 g/mol. The second kappa shape index (κ2) is 6.68. The van der Waals surface area contributed by atoms with E-state index in [-0.39, 0.29) is 6.04 Å². The number of nitrogens with zero attached hydrogens (tertiary/aromatic N) is 2. The van der Waals surface area contributed by atoms with E-state index in [9.17, 15) is 0 Å². The van der Waals surface area contributed by atoms with Gasteiger partial charge in [-0.05, 0) is 61.9 Å². The lowest BCUT2D eigenvalue weighted by Crippen LogP contribution is -2.41. The van der Waals surface area contributed by atoms with Crippen LogP contribution in [-0.4, -0.2) is 29.0 Å². The zero-order chi connectivity index (χ0) is 14.6. The van der Waals surface area contributed by atoms with E-state index in [2.05, 4.69) is 42.8 Å². The van der Waals surface area contributed by atoms with Crippen molar-refractivity contribution in [3.63, 3.8) is 0 Å². The third-order valence-corrected chi connectivity index (χ3v) is 4.69. The molecule has 2 rings (SSSR count). The van der Waals surface area contributed by atoms with Crippen LogP contribution in [0.25, 0.3) is 0 Å². The molecule has 3 heteroatoms.